The number of aromatic carboxylic acids is 3. The van der Waals surface area contributed by atoms with E-state index in [1.807, 2.05) is 0 Å². The van der Waals surface area contributed by atoms with Crippen LogP contribution >= 0.6 is 0 Å². The number of aromatic nitrogens is 2. The highest BCUT2D eigenvalue weighted by Gasteiger charge is 2.25. The molecule has 3 aromatic rings. The quantitative estimate of drug-likeness (QED) is 0.280. The number of phenols is 1. The van der Waals surface area contributed by atoms with Crippen LogP contribution in [0.1, 0.15) is 37.8 Å². The Kier molecular flexibility index (Phi) is 4.68. The second-order valence-electron chi connectivity index (χ2n) is 5.96. The molecule has 0 saturated carbocycles. The summed E-state index contributed by atoms with van der Waals surface area (Å²) < 4.78 is 0. The number of aliphatic carboxylic acids is 1. The number of carbonyl (C=O) groups is 4. The lowest BCUT2D eigenvalue weighted by Gasteiger charge is -2.14. The lowest BCUT2D eigenvalue weighted by molar-refractivity contribution is -0.136. The summed E-state index contributed by atoms with van der Waals surface area (Å²) in [5, 5.41) is 49.8. The van der Waals surface area contributed by atoms with Gasteiger partial charge in [-0.15, -0.1) is 0 Å². The highest BCUT2D eigenvalue weighted by Crippen LogP contribution is 2.42. The minimum Gasteiger partial charge on any atom is -0.505 e. The lowest BCUT2D eigenvalue weighted by atomic mass is 10.0. The van der Waals surface area contributed by atoms with Crippen LogP contribution < -0.4 is 5.32 Å². The van der Waals surface area contributed by atoms with Crippen LogP contribution in [0.15, 0.2) is 12.1 Å². The van der Waals surface area contributed by atoms with Crippen molar-refractivity contribution in [2.24, 2.45) is 0 Å². The van der Waals surface area contributed by atoms with Crippen molar-refractivity contribution in [1.82, 2.24) is 9.97 Å². The molecular weight excluding hydrogens is 390 g/mol. The number of aromatic amines is 1. The van der Waals surface area contributed by atoms with E-state index in [2.05, 4.69) is 15.3 Å². The van der Waals surface area contributed by atoms with Crippen molar-refractivity contribution in [3.63, 3.8) is 0 Å². The molecule has 0 radical (unpaired) electrons. The molecule has 0 amide bonds. The van der Waals surface area contributed by atoms with Gasteiger partial charge < -0.3 is 35.8 Å². The maximum absolute atomic E-state index is 11.8. The number of anilines is 1. The molecule has 3 rings (SSSR count). The number of aromatic hydroxyl groups is 1. The first-order chi connectivity index (χ1) is 13.6. The Bertz CT molecular complexity index is 1210. The summed E-state index contributed by atoms with van der Waals surface area (Å²) >= 11 is 0. The molecule has 2 heterocycles. The van der Waals surface area contributed by atoms with Gasteiger partial charge in [0.1, 0.15) is 28.3 Å². The zero-order chi connectivity index (χ0) is 21.5. The number of rotatable bonds is 7. The van der Waals surface area contributed by atoms with Crippen molar-refractivity contribution in [3.8, 4) is 5.75 Å². The molecule has 7 N–H and O–H groups in total. The molecule has 0 spiro atoms. The van der Waals surface area contributed by atoms with Crippen molar-refractivity contribution in [2.75, 3.05) is 11.9 Å². The van der Waals surface area contributed by atoms with Crippen LogP contribution in [0.2, 0.25) is 0 Å². The van der Waals surface area contributed by atoms with Gasteiger partial charge in [-0.25, -0.2) is 19.4 Å². The number of hydrogen-bond donors (Lipinski definition) is 7. The van der Waals surface area contributed by atoms with Gasteiger partial charge in [-0.2, -0.15) is 0 Å². The summed E-state index contributed by atoms with van der Waals surface area (Å²) in [5.74, 6) is -6.09. The van der Waals surface area contributed by atoms with Gasteiger partial charge in [0.15, 0.2) is 0 Å². The first-order valence-corrected chi connectivity index (χ1v) is 7.99. The average Bonchev–Trinajstić information content (AvgIpc) is 3.09. The number of carboxylic acid groups (broad SMARTS) is 4. The molecule has 0 bridgehead atoms. The number of benzene rings is 1. The number of phenolic OH excluding ortho intramolecular Hbond substituents is 1. The van der Waals surface area contributed by atoms with Gasteiger partial charge in [0, 0.05) is 17.3 Å². The molecule has 0 aliphatic carbocycles. The maximum Gasteiger partial charge on any atom is 0.354 e. The van der Waals surface area contributed by atoms with Crippen molar-refractivity contribution < 1.29 is 44.7 Å². The molecule has 0 aliphatic heterocycles. The zero-order valence-electron chi connectivity index (χ0n) is 14.4. The first-order valence-electron chi connectivity index (χ1n) is 7.99. The zero-order valence-corrected chi connectivity index (χ0v) is 14.4. The topological polar surface area (TPSA) is 210 Å². The average molecular weight is 403 g/mol. The van der Waals surface area contributed by atoms with Crippen LogP contribution in [0, 0.1) is 0 Å². The monoisotopic (exact) mass is 403 g/mol. The maximum atomic E-state index is 11.8. The molecule has 0 fully saturated rings. The summed E-state index contributed by atoms with van der Waals surface area (Å²) in [5.41, 5.74) is -2.01. The Morgan fingerprint density at radius 3 is 2.24 bits per heavy atom. The summed E-state index contributed by atoms with van der Waals surface area (Å²) in [6.07, 6.45) is -0.364. The second kappa shape index (κ2) is 6.99. The van der Waals surface area contributed by atoms with E-state index in [0.717, 1.165) is 12.1 Å². The fourth-order valence-electron chi connectivity index (χ4n) is 2.92. The van der Waals surface area contributed by atoms with Gasteiger partial charge >= 0.3 is 23.9 Å². The van der Waals surface area contributed by atoms with Gasteiger partial charge in [0.05, 0.1) is 17.5 Å². The Labute approximate surface area is 160 Å². The Hall–Kier alpha value is -4.35. The van der Waals surface area contributed by atoms with Crippen LogP contribution in [0.25, 0.3) is 21.8 Å². The van der Waals surface area contributed by atoms with Gasteiger partial charge in [0.2, 0.25) is 0 Å². The summed E-state index contributed by atoms with van der Waals surface area (Å²) in [4.78, 5) is 51.6. The SMILES string of the molecule is O=C(O)CCNc1c(O)c2cc(C(=O)O)[nH]c2c2c(C(=O)O)cc(C(=O)O)nc12. The normalized spacial score (nSPS) is 10.9. The Morgan fingerprint density at radius 2 is 1.69 bits per heavy atom. The smallest absolute Gasteiger partial charge is 0.354 e. The highest BCUT2D eigenvalue weighted by molar-refractivity contribution is 6.21. The predicted octanol–water partition coefficient (Wildman–Crippen LogP) is 1.40. The minimum absolute atomic E-state index is 0.0555. The number of H-pyrrole nitrogens is 1. The number of hydrogen-bond acceptors (Lipinski definition) is 7. The van der Waals surface area contributed by atoms with E-state index >= 15 is 0 Å². The van der Waals surface area contributed by atoms with Crippen LogP contribution in [0.3, 0.4) is 0 Å². The number of fused-ring (bicyclic) bond motifs is 3. The Morgan fingerprint density at radius 1 is 1.00 bits per heavy atom. The van der Waals surface area contributed by atoms with Crippen LogP contribution in [0.5, 0.6) is 5.75 Å². The van der Waals surface area contributed by atoms with E-state index in [1.54, 1.807) is 0 Å². The number of carboxylic acids is 4. The lowest BCUT2D eigenvalue weighted by Crippen LogP contribution is -2.11. The van der Waals surface area contributed by atoms with E-state index in [0.29, 0.717) is 0 Å². The summed E-state index contributed by atoms with van der Waals surface area (Å²) in [6.45, 7) is -0.193. The molecule has 150 valence electrons. The molecule has 12 heteroatoms. The largest absolute Gasteiger partial charge is 0.505 e. The summed E-state index contributed by atoms with van der Waals surface area (Å²) in [6, 6.07) is 1.89. The minimum atomic E-state index is -1.52. The van der Waals surface area contributed by atoms with E-state index in [4.69, 9.17) is 5.11 Å². The number of pyridine rings is 1. The molecule has 0 aliphatic rings. The third-order valence-corrected chi connectivity index (χ3v) is 4.14. The van der Waals surface area contributed by atoms with Gasteiger partial charge in [-0.3, -0.25) is 4.79 Å². The van der Waals surface area contributed by atoms with E-state index in [1.165, 1.54) is 0 Å². The fourth-order valence-corrected chi connectivity index (χ4v) is 2.92. The molecule has 2 aromatic heterocycles. The van der Waals surface area contributed by atoms with Gasteiger partial charge in [-0.05, 0) is 12.1 Å². The molecule has 12 nitrogen and oxygen atoms in total. The summed E-state index contributed by atoms with van der Waals surface area (Å²) in [7, 11) is 0. The van der Waals surface area contributed by atoms with Crippen LogP contribution in [-0.2, 0) is 4.79 Å². The van der Waals surface area contributed by atoms with Crippen molar-refractivity contribution >= 4 is 51.4 Å². The molecule has 29 heavy (non-hydrogen) atoms. The molecule has 0 unspecified atom stereocenters. The van der Waals surface area contributed by atoms with Gasteiger partial charge in [-0.1, -0.05) is 0 Å². The third kappa shape index (κ3) is 3.34. The number of nitrogens with one attached hydrogen (secondary N) is 2. The Balaban J connectivity index is 2.46. The highest BCUT2D eigenvalue weighted by atomic mass is 16.4. The van der Waals surface area contributed by atoms with Crippen molar-refractivity contribution in [1.29, 1.82) is 0 Å². The first kappa shape index (κ1) is 19.4. The third-order valence-electron chi connectivity index (χ3n) is 4.14. The number of nitrogens with zero attached hydrogens (tertiary/aromatic N) is 1. The van der Waals surface area contributed by atoms with Gasteiger partial charge in [0.25, 0.3) is 0 Å². The standard InChI is InChI=1S/C17H13N3O9/c21-9(22)1-2-18-13-12-10(5(15(24)25)3-7(20-12)16(26)27)11-6(14(13)23)4-8(19-11)17(28)29/h3-4,18-19,23H,1-2H2,(H,21,22)(H,24,25)(H,26,27)(H,28,29). The second-order valence-corrected chi connectivity index (χ2v) is 5.96. The van der Waals surface area contributed by atoms with Crippen LogP contribution in [-0.4, -0.2) is 65.9 Å². The van der Waals surface area contributed by atoms with E-state index < -0.39 is 40.9 Å². The molecule has 0 atom stereocenters. The van der Waals surface area contributed by atoms with Crippen LogP contribution in [0.4, 0.5) is 5.69 Å². The predicted molar refractivity (Wildman–Crippen MR) is 96.9 cm³/mol. The molecule has 0 saturated heterocycles. The van der Waals surface area contributed by atoms with E-state index in [-0.39, 0.29) is 46.2 Å². The van der Waals surface area contributed by atoms with E-state index in [9.17, 15) is 39.6 Å². The molecular formula is C17H13N3O9. The van der Waals surface area contributed by atoms with Crippen molar-refractivity contribution in [3.05, 3.63) is 29.1 Å². The van der Waals surface area contributed by atoms with Crippen molar-refractivity contribution in [2.45, 2.75) is 6.42 Å². The fraction of sp³-hybridized carbons (Fsp3) is 0.118. The molecule has 1 aromatic carbocycles.